The van der Waals surface area contributed by atoms with Crippen LogP contribution in [0.5, 0.6) is 11.5 Å². The average molecular weight is 901 g/mol. The van der Waals surface area contributed by atoms with E-state index in [9.17, 15) is 9.59 Å². The van der Waals surface area contributed by atoms with Crippen LogP contribution in [0.15, 0.2) is 78.9 Å². The van der Waals surface area contributed by atoms with Crippen LogP contribution in [-0.2, 0) is 18.3 Å². The molecule has 0 aliphatic carbocycles. The number of halogens is 2. The number of amides is 2. The fourth-order valence-corrected chi connectivity index (χ4v) is 9.24. The summed E-state index contributed by atoms with van der Waals surface area (Å²) >= 11 is -2.13. The van der Waals surface area contributed by atoms with E-state index in [-0.39, 0.29) is 5.92 Å². The minimum absolute atomic E-state index is 0.125. The molecule has 10 heteroatoms. The van der Waals surface area contributed by atoms with E-state index in [1.807, 2.05) is 19.9 Å². The summed E-state index contributed by atoms with van der Waals surface area (Å²) < 4.78 is 12.9. The first-order valence-corrected chi connectivity index (χ1v) is 25.3. The predicted molar refractivity (Wildman–Crippen MR) is 236 cm³/mol. The number of carbonyl (C=O) groups is 2. The second-order valence-corrected chi connectivity index (χ2v) is 21.9. The molecule has 0 aromatic heterocycles. The molecule has 2 aliphatic rings. The van der Waals surface area contributed by atoms with E-state index in [4.69, 9.17) is 28.9 Å². The molecule has 0 radical (unpaired) electrons. The number of nitrogens with zero attached hydrogens (tertiary/aromatic N) is 3. The molecule has 308 valence electrons. The minimum atomic E-state index is -2.13. The van der Waals surface area contributed by atoms with E-state index in [0.29, 0.717) is 52.0 Å². The molecule has 1 unspecified atom stereocenters. The van der Waals surface area contributed by atoms with Crippen molar-refractivity contribution in [2.75, 3.05) is 34.9 Å². The quantitative estimate of drug-likeness (QED) is 0.0898. The van der Waals surface area contributed by atoms with Gasteiger partial charge in [0.15, 0.2) is 0 Å². The van der Waals surface area contributed by atoms with Crippen LogP contribution in [0.2, 0.25) is 0 Å². The first-order valence-electron chi connectivity index (χ1n) is 19.8. The zero-order valence-corrected chi connectivity index (χ0v) is 38.4. The summed E-state index contributed by atoms with van der Waals surface area (Å²) in [5.41, 5.74) is 10.1. The van der Waals surface area contributed by atoms with E-state index >= 15 is 0 Å². The SMILES string of the molecule is CC(C)c1cccc(C(C)C)c1N1[CH-]N(c2c(C(C)C)cccc2C(C)C)CC1.COc1ccc(C(=O)N2C(=O)C(C(C)C)Oc3c([CH]=[Ru]([Cl])[Cl])cccc32)cc1. The Balaban J connectivity index is 0.000000218. The zero-order valence-electron chi connectivity index (χ0n) is 35.1. The molecule has 2 aliphatic heterocycles. The van der Waals surface area contributed by atoms with Gasteiger partial charge in [-0.15, -0.1) is 0 Å². The molecule has 1 fully saturated rings. The van der Waals surface area contributed by atoms with Crippen molar-refractivity contribution in [2.45, 2.75) is 99.0 Å². The van der Waals surface area contributed by atoms with Crippen LogP contribution in [-0.4, -0.2) is 42.7 Å². The van der Waals surface area contributed by atoms with Gasteiger partial charge in [0.1, 0.15) is 0 Å². The van der Waals surface area contributed by atoms with E-state index in [1.165, 1.54) is 38.5 Å². The number of hydrogen-bond acceptors (Lipinski definition) is 6. The number of benzene rings is 4. The van der Waals surface area contributed by atoms with Gasteiger partial charge in [0.05, 0.1) is 0 Å². The van der Waals surface area contributed by atoms with Gasteiger partial charge in [-0.2, -0.15) is 6.67 Å². The van der Waals surface area contributed by atoms with Crippen molar-refractivity contribution in [1.82, 2.24) is 0 Å². The number of hydrogen-bond donors (Lipinski definition) is 0. The van der Waals surface area contributed by atoms with Crippen molar-refractivity contribution in [3.8, 4) is 11.5 Å². The van der Waals surface area contributed by atoms with Gasteiger partial charge in [-0.25, -0.2) is 0 Å². The van der Waals surface area contributed by atoms with Crippen LogP contribution in [0.4, 0.5) is 17.1 Å². The number of methoxy groups -OCH3 is 1. The van der Waals surface area contributed by atoms with Crippen LogP contribution in [0.3, 0.4) is 0 Å². The van der Waals surface area contributed by atoms with Crippen molar-refractivity contribution < 1.29 is 32.6 Å². The maximum absolute atomic E-state index is 13.2. The average Bonchev–Trinajstić information content (AvgIpc) is 3.66. The van der Waals surface area contributed by atoms with Crippen LogP contribution >= 0.6 is 19.4 Å². The number of ether oxygens (including phenoxy) is 2. The Kier molecular flexibility index (Phi) is 15.1. The van der Waals surface area contributed by atoms with Crippen molar-refractivity contribution >= 4 is 52.9 Å². The van der Waals surface area contributed by atoms with Crippen LogP contribution in [0.1, 0.15) is 131 Å². The van der Waals surface area contributed by atoms with E-state index in [2.05, 4.69) is 108 Å². The van der Waals surface area contributed by atoms with Crippen LogP contribution in [0.25, 0.3) is 0 Å². The molecular formula is C47H58Cl2N3O4Ru-. The van der Waals surface area contributed by atoms with Crippen molar-refractivity contribution in [1.29, 1.82) is 0 Å². The Morgan fingerprint density at radius 3 is 1.60 bits per heavy atom. The molecule has 0 bridgehead atoms. The number of anilines is 3. The van der Waals surface area contributed by atoms with Gasteiger partial charge in [0, 0.05) is 24.5 Å². The van der Waals surface area contributed by atoms with Crippen LogP contribution < -0.4 is 24.2 Å². The summed E-state index contributed by atoms with van der Waals surface area (Å²) in [5.74, 6) is 2.18. The van der Waals surface area contributed by atoms with Crippen molar-refractivity contribution in [3.63, 3.8) is 0 Å². The van der Waals surface area contributed by atoms with E-state index in [1.54, 1.807) is 48.1 Å². The summed E-state index contributed by atoms with van der Waals surface area (Å²) in [6, 6.07) is 25.6. The van der Waals surface area contributed by atoms with Gasteiger partial charge in [-0.3, -0.25) is 0 Å². The standard InChI is InChI=1S/C27H39N2.C20H19NO4.2ClH.Ru/c1-18(2)22-11-9-12-23(19(3)4)26(22)28-15-16-29(17-28)27-24(20(5)6)13-10-14-25(27)21(7)8;1-12(2)17-20(23)21(16-7-5-6-13(3)18(16)25-17)19(22)14-8-10-15(24-4)11-9-14;;;/h9-14,17-21H,15-16H2,1-8H3;3,5-12,17H,1-2,4H3;2*1H;/q-1;;;;+2/p-2. The van der Waals surface area contributed by atoms with E-state index < -0.39 is 31.4 Å². The number of imide groups is 1. The molecule has 6 rings (SSSR count). The molecule has 0 N–H and O–H groups in total. The maximum atomic E-state index is 13.2. The molecule has 7 nitrogen and oxygen atoms in total. The second-order valence-electron chi connectivity index (χ2n) is 16.2. The fourth-order valence-electron chi connectivity index (χ4n) is 7.45. The third kappa shape index (κ3) is 9.95. The number of fused-ring (bicyclic) bond motifs is 1. The first-order chi connectivity index (χ1) is 27.0. The fraction of sp³-hybridized carbons (Fsp3) is 0.404. The number of carbonyl (C=O) groups excluding carboxylic acids is 2. The molecule has 0 spiro atoms. The Labute approximate surface area is 353 Å². The Morgan fingerprint density at radius 1 is 0.737 bits per heavy atom. The third-order valence-electron chi connectivity index (χ3n) is 10.4. The molecule has 2 heterocycles. The molecular weight excluding hydrogens is 843 g/mol. The van der Waals surface area contributed by atoms with Gasteiger partial charge in [0.2, 0.25) is 0 Å². The third-order valence-corrected chi connectivity index (χ3v) is 12.3. The molecule has 57 heavy (non-hydrogen) atoms. The summed E-state index contributed by atoms with van der Waals surface area (Å²) in [7, 11) is 13.6. The monoisotopic (exact) mass is 900 g/mol. The zero-order chi connectivity index (χ0) is 41.7. The van der Waals surface area contributed by atoms with Gasteiger partial charge in [0.25, 0.3) is 0 Å². The molecule has 1 atom stereocenters. The van der Waals surface area contributed by atoms with E-state index in [0.717, 1.165) is 13.1 Å². The second kappa shape index (κ2) is 19.4. The molecule has 2 amide bonds. The summed E-state index contributed by atoms with van der Waals surface area (Å²) in [5, 5.41) is 0. The first kappa shape index (κ1) is 44.4. The van der Waals surface area contributed by atoms with Gasteiger partial charge in [-0.05, 0) is 45.9 Å². The normalized spacial score (nSPS) is 15.6. The summed E-state index contributed by atoms with van der Waals surface area (Å²) in [6.45, 7) is 26.6. The number of rotatable bonds is 10. The Hall–Kier alpha value is -3.71. The molecule has 4 aromatic carbocycles. The molecule has 0 saturated carbocycles. The van der Waals surface area contributed by atoms with Gasteiger partial charge < -0.3 is 9.80 Å². The van der Waals surface area contributed by atoms with Crippen molar-refractivity contribution in [2.24, 2.45) is 5.92 Å². The number of para-hydroxylation sites is 3. The Bertz CT molecular complexity index is 1950. The molecule has 4 aromatic rings. The topological polar surface area (TPSA) is 62.3 Å². The summed E-state index contributed by atoms with van der Waals surface area (Å²) in [4.78, 5) is 32.5. The van der Waals surface area contributed by atoms with Gasteiger partial charge >= 0.3 is 177 Å². The van der Waals surface area contributed by atoms with Crippen LogP contribution in [0, 0.1) is 12.6 Å². The molecule has 1 saturated heterocycles. The van der Waals surface area contributed by atoms with Gasteiger partial charge in [-0.1, -0.05) is 91.8 Å². The Morgan fingerprint density at radius 2 is 1.19 bits per heavy atom. The summed E-state index contributed by atoms with van der Waals surface area (Å²) in [6.07, 6.45) is -0.782. The van der Waals surface area contributed by atoms with Crippen molar-refractivity contribution in [3.05, 3.63) is 119 Å². The predicted octanol–water partition coefficient (Wildman–Crippen LogP) is 12.0.